The van der Waals surface area contributed by atoms with Crippen LogP contribution in [-0.2, 0) is 6.54 Å². The summed E-state index contributed by atoms with van der Waals surface area (Å²) in [4.78, 5) is 27.4. The van der Waals surface area contributed by atoms with E-state index in [9.17, 15) is 4.79 Å². The van der Waals surface area contributed by atoms with Crippen LogP contribution < -0.4 is 10.6 Å². The van der Waals surface area contributed by atoms with Gasteiger partial charge in [0.1, 0.15) is 11.8 Å². The molecule has 2 heterocycles. The molecule has 116 valence electrons. The standard InChI is InChI=1S/C16H16N6O/c23-16(22-12-5-6-12)11-3-1-10(2-4-11)7-17-14-13-15(19-8-18-13)21-9-20-14/h1-4,8-9,12H,5-7H2,(H,22,23)(H2,17,18,19,20,21). The molecule has 2 aromatic heterocycles. The molecule has 0 bridgehead atoms. The number of aromatic amines is 1. The van der Waals surface area contributed by atoms with Crippen LogP contribution in [0.5, 0.6) is 0 Å². The van der Waals surface area contributed by atoms with Crippen LogP contribution in [0.2, 0.25) is 0 Å². The molecule has 1 aliphatic rings. The number of hydrogen-bond donors (Lipinski definition) is 3. The van der Waals surface area contributed by atoms with E-state index < -0.39 is 0 Å². The number of carbonyl (C=O) groups excluding carboxylic acids is 1. The van der Waals surface area contributed by atoms with Crippen molar-refractivity contribution >= 4 is 22.9 Å². The average molecular weight is 308 g/mol. The summed E-state index contributed by atoms with van der Waals surface area (Å²) >= 11 is 0. The summed E-state index contributed by atoms with van der Waals surface area (Å²) in [5, 5.41) is 6.24. The third kappa shape index (κ3) is 2.98. The zero-order valence-electron chi connectivity index (χ0n) is 12.4. The molecule has 1 amide bonds. The minimum atomic E-state index is 0.00183. The Labute approximate surface area is 132 Å². The van der Waals surface area contributed by atoms with E-state index in [0.29, 0.717) is 29.6 Å². The van der Waals surface area contributed by atoms with Crippen molar-refractivity contribution in [1.29, 1.82) is 0 Å². The highest BCUT2D eigenvalue weighted by molar-refractivity contribution is 5.94. The number of nitrogens with one attached hydrogen (secondary N) is 3. The highest BCUT2D eigenvalue weighted by Gasteiger charge is 2.23. The predicted octanol–water partition coefficient (Wildman–Crippen LogP) is 1.86. The second kappa shape index (κ2) is 5.68. The van der Waals surface area contributed by atoms with Crippen molar-refractivity contribution in [3.8, 4) is 0 Å². The molecule has 1 saturated carbocycles. The number of aromatic nitrogens is 4. The highest BCUT2D eigenvalue weighted by atomic mass is 16.1. The first-order chi connectivity index (χ1) is 11.3. The molecule has 3 N–H and O–H groups in total. The van der Waals surface area contributed by atoms with Crippen molar-refractivity contribution in [3.05, 3.63) is 48.0 Å². The zero-order chi connectivity index (χ0) is 15.6. The van der Waals surface area contributed by atoms with Gasteiger partial charge in [-0.25, -0.2) is 15.0 Å². The SMILES string of the molecule is O=C(NC1CC1)c1ccc(CNc2ncnc3nc[nH]c23)cc1. The number of rotatable bonds is 5. The lowest BCUT2D eigenvalue weighted by molar-refractivity contribution is 0.0951. The molecular formula is C16H16N6O. The number of benzene rings is 1. The van der Waals surface area contributed by atoms with E-state index in [4.69, 9.17) is 0 Å². The Balaban J connectivity index is 1.42. The molecule has 1 aliphatic carbocycles. The summed E-state index contributed by atoms with van der Waals surface area (Å²) in [6.45, 7) is 0.607. The van der Waals surface area contributed by atoms with Crippen molar-refractivity contribution < 1.29 is 4.79 Å². The van der Waals surface area contributed by atoms with E-state index in [-0.39, 0.29) is 5.91 Å². The zero-order valence-corrected chi connectivity index (χ0v) is 12.4. The van der Waals surface area contributed by atoms with E-state index in [1.54, 1.807) is 6.33 Å². The Morgan fingerprint density at radius 3 is 2.78 bits per heavy atom. The van der Waals surface area contributed by atoms with Crippen LogP contribution in [0.15, 0.2) is 36.9 Å². The Hall–Kier alpha value is -2.96. The molecule has 0 aliphatic heterocycles. The summed E-state index contributed by atoms with van der Waals surface area (Å²) in [7, 11) is 0. The molecule has 0 saturated heterocycles. The van der Waals surface area contributed by atoms with Gasteiger partial charge in [0.2, 0.25) is 0 Å². The molecule has 1 fully saturated rings. The lowest BCUT2D eigenvalue weighted by atomic mass is 10.1. The average Bonchev–Trinajstić information content (AvgIpc) is 3.25. The lowest BCUT2D eigenvalue weighted by Gasteiger charge is -2.07. The third-order valence-corrected chi connectivity index (χ3v) is 3.81. The number of hydrogen-bond acceptors (Lipinski definition) is 5. The van der Waals surface area contributed by atoms with Gasteiger partial charge >= 0.3 is 0 Å². The molecule has 4 rings (SSSR count). The van der Waals surface area contributed by atoms with E-state index in [1.807, 2.05) is 24.3 Å². The summed E-state index contributed by atoms with van der Waals surface area (Å²) in [6, 6.07) is 7.96. The van der Waals surface area contributed by atoms with Crippen molar-refractivity contribution in [1.82, 2.24) is 25.3 Å². The summed E-state index contributed by atoms with van der Waals surface area (Å²) in [5.74, 6) is 0.713. The van der Waals surface area contributed by atoms with E-state index in [2.05, 4.69) is 30.6 Å². The van der Waals surface area contributed by atoms with Crippen LogP contribution >= 0.6 is 0 Å². The molecule has 0 radical (unpaired) electrons. The summed E-state index contributed by atoms with van der Waals surface area (Å²) in [5.41, 5.74) is 3.18. The number of anilines is 1. The van der Waals surface area contributed by atoms with Crippen molar-refractivity contribution in [2.45, 2.75) is 25.4 Å². The van der Waals surface area contributed by atoms with E-state index in [1.165, 1.54) is 6.33 Å². The molecule has 3 aromatic rings. The van der Waals surface area contributed by atoms with Crippen LogP contribution in [0.4, 0.5) is 5.82 Å². The number of nitrogens with zero attached hydrogens (tertiary/aromatic N) is 3. The van der Waals surface area contributed by atoms with Gasteiger partial charge in [0.25, 0.3) is 5.91 Å². The second-order valence-corrected chi connectivity index (χ2v) is 5.62. The van der Waals surface area contributed by atoms with Gasteiger partial charge in [-0.3, -0.25) is 4.79 Å². The third-order valence-electron chi connectivity index (χ3n) is 3.81. The summed E-state index contributed by atoms with van der Waals surface area (Å²) < 4.78 is 0. The Bertz CT molecular complexity index is 837. The van der Waals surface area contributed by atoms with Gasteiger partial charge in [0, 0.05) is 18.2 Å². The number of imidazole rings is 1. The van der Waals surface area contributed by atoms with Crippen molar-refractivity contribution in [2.24, 2.45) is 0 Å². The van der Waals surface area contributed by atoms with Gasteiger partial charge in [0.05, 0.1) is 6.33 Å². The number of carbonyl (C=O) groups is 1. The van der Waals surface area contributed by atoms with Gasteiger partial charge in [-0.1, -0.05) is 12.1 Å². The van der Waals surface area contributed by atoms with Gasteiger partial charge in [0.15, 0.2) is 11.5 Å². The van der Waals surface area contributed by atoms with Crippen molar-refractivity contribution in [2.75, 3.05) is 5.32 Å². The van der Waals surface area contributed by atoms with Crippen LogP contribution in [0.25, 0.3) is 11.2 Å². The van der Waals surface area contributed by atoms with Crippen LogP contribution in [0.1, 0.15) is 28.8 Å². The maximum Gasteiger partial charge on any atom is 0.251 e. The van der Waals surface area contributed by atoms with Gasteiger partial charge in [-0.2, -0.15) is 0 Å². The van der Waals surface area contributed by atoms with E-state index >= 15 is 0 Å². The first kappa shape index (κ1) is 13.7. The molecule has 23 heavy (non-hydrogen) atoms. The Morgan fingerprint density at radius 2 is 2.00 bits per heavy atom. The first-order valence-electron chi connectivity index (χ1n) is 7.57. The number of amides is 1. The highest BCUT2D eigenvalue weighted by Crippen LogP contribution is 2.19. The van der Waals surface area contributed by atoms with Crippen molar-refractivity contribution in [3.63, 3.8) is 0 Å². The molecule has 0 spiro atoms. The fraction of sp³-hybridized carbons (Fsp3) is 0.250. The molecule has 7 nitrogen and oxygen atoms in total. The molecule has 0 unspecified atom stereocenters. The van der Waals surface area contributed by atoms with Gasteiger partial charge in [-0.15, -0.1) is 0 Å². The second-order valence-electron chi connectivity index (χ2n) is 5.62. The maximum absolute atomic E-state index is 11.9. The lowest BCUT2D eigenvalue weighted by Crippen LogP contribution is -2.25. The quantitative estimate of drug-likeness (QED) is 0.668. The monoisotopic (exact) mass is 308 g/mol. The van der Waals surface area contributed by atoms with E-state index in [0.717, 1.165) is 23.9 Å². The minimum absolute atomic E-state index is 0.00183. The minimum Gasteiger partial charge on any atom is -0.364 e. The number of H-pyrrole nitrogens is 1. The first-order valence-corrected chi connectivity index (χ1v) is 7.57. The topological polar surface area (TPSA) is 95.6 Å². The fourth-order valence-corrected chi connectivity index (χ4v) is 2.36. The van der Waals surface area contributed by atoms with Crippen LogP contribution in [0, 0.1) is 0 Å². The van der Waals surface area contributed by atoms with Gasteiger partial charge in [-0.05, 0) is 30.5 Å². The van der Waals surface area contributed by atoms with Crippen LogP contribution in [-0.4, -0.2) is 31.9 Å². The fourth-order valence-electron chi connectivity index (χ4n) is 2.36. The maximum atomic E-state index is 11.9. The van der Waals surface area contributed by atoms with Crippen LogP contribution in [0.3, 0.4) is 0 Å². The molecule has 1 aromatic carbocycles. The largest absolute Gasteiger partial charge is 0.364 e. The molecular weight excluding hydrogens is 292 g/mol. The van der Waals surface area contributed by atoms with Gasteiger partial charge < -0.3 is 15.6 Å². The summed E-state index contributed by atoms with van der Waals surface area (Å²) in [6.07, 6.45) is 5.26. The normalized spacial score (nSPS) is 13.9. The smallest absolute Gasteiger partial charge is 0.251 e. The molecule has 7 heteroatoms. The Morgan fingerprint density at radius 1 is 1.17 bits per heavy atom. The Kier molecular flexibility index (Phi) is 3.38. The molecule has 0 atom stereocenters. The predicted molar refractivity (Wildman–Crippen MR) is 85.9 cm³/mol. The number of fused-ring (bicyclic) bond motifs is 1.